The summed E-state index contributed by atoms with van der Waals surface area (Å²) in [6.45, 7) is 0.538. The van der Waals surface area contributed by atoms with E-state index in [1.807, 2.05) is 24.3 Å². The van der Waals surface area contributed by atoms with Crippen molar-refractivity contribution >= 4 is 0 Å². The Bertz CT molecular complexity index is 807. The minimum absolute atomic E-state index is 0.213. The molecule has 4 nitrogen and oxygen atoms in total. The predicted octanol–water partition coefficient (Wildman–Crippen LogP) is 3.66. The fourth-order valence-corrected chi connectivity index (χ4v) is 3.29. The molecule has 0 spiro atoms. The Morgan fingerprint density at radius 2 is 1.91 bits per heavy atom. The van der Waals surface area contributed by atoms with Crippen molar-refractivity contribution in [2.24, 2.45) is 5.73 Å². The SMILES string of the molecule is NCc1ccc(-c2noc(C3CCCc4ccccc43)n2)cc1. The standard InChI is InChI=1S/C19H19N3O/c20-12-13-8-10-15(11-9-13)18-21-19(23-22-18)17-7-3-5-14-4-1-2-6-16(14)17/h1-2,4,6,8-11,17H,3,5,7,12,20H2. The number of fused-ring (bicyclic) bond motifs is 1. The molecule has 1 aromatic heterocycles. The van der Waals surface area contributed by atoms with E-state index in [2.05, 4.69) is 34.4 Å². The van der Waals surface area contributed by atoms with Crippen LogP contribution < -0.4 is 5.73 Å². The molecule has 2 aromatic carbocycles. The molecule has 0 saturated heterocycles. The second-order valence-corrected chi connectivity index (χ2v) is 6.00. The van der Waals surface area contributed by atoms with E-state index in [1.54, 1.807) is 0 Å². The lowest BCUT2D eigenvalue weighted by molar-refractivity contribution is 0.354. The summed E-state index contributed by atoms with van der Waals surface area (Å²) >= 11 is 0. The second kappa shape index (κ2) is 5.97. The molecule has 1 atom stereocenters. The molecule has 2 N–H and O–H groups in total. The van der Waals surface area contributed by atoms with Crippen LogP contribution in [0.15, 0.2) is 53.1 Å². The van der Waals surface area contributed by atoms with Crippen molar-refractivity contribution in [3.63, 3.8) is 0 Å². The molecule has 0 saturated carbocycles. The Morgan fingerprint density at radius 1 is 1.09 bits per heavy atom. The maximum atomic E-state index is 5.64. The van der Waals surface area contributed by atoms with E-state index in [0.717, 1.165) is 36.3 Å². The Hall–Kier alpha value is -2.46. The van der Waals surface area contributed by atoms with Crippen LogP contribution in [0.25, 0.3) is 11.4 Å². The molecular formula is C19H19N3O. The van der Waals surface area contributed by atoms with Crippen LogP contribution in [0.3, 0.4) is 0 Å². The smallest absolute Gasteiger partial charge is 0.234 e. The van der Waals surface area contributed by atoms with Gasteiger partial charge in [0.25, 0.3) is 0 Å². The van der Waals surface area contributed by atoms with Crippen LogP contribution in [0.4, 0.5) is 0 Å². The summed E-state index contributed by atoms with van der Waals surface area (Å²) in [5.74, 6) is 1.58. The summed E-state index contributed by atoms with van der Waals surface area (Å²) in [5, 5.41) is 4.17. The zero-order valence-electron chi connectivity index (χ0n) is 12.9. The third-order valence-corrected chi connectivity index (χ3v) is 4.56. The van der Waals surface area contributed by atoms with Crippen molar-refractivity contribution in [1.29, 1.82) is 0 Å². The fraction of sp³-hybridized carbons (Fsp3) is 0.263. The number of rotatable bonds is 3. The lowest BCUT2D eigenvalue weighted by Gasteiger charge is -2.22. The lowest BCUT2D eigenvalue weighted by Crippen LogP contribution is -2.11. The fourth-order valence-electron chi connectivity index (χ4n) is 3.29. The van der Waals surface area contributed by atoms with Crippen LogP contribution in [0.2, 0.25) is 0 Å². The minimum atomic E-state index is 0.213. The molecule has 0 radical (unpaired) electrons. The van der Waals surface area contributed by atoms with E-state index in [0.29, 0.717) is 12.4 Å². The topological polar surface area (TPSA) is 64.9 Å². The van der Waals surface area contributed by atoms with Crippen LogP contribution in [0, 0.1) is 0 Å². The summed E-state index contributed by atoms with van der Waals surface area (Å²) in [6, 6.07) is 16.5. The first-order valence-corrected chi connectivity index (χ1v) is 8.06. The third-order valence-electron chi connectivity index (χ3n) is 4.56. The molecule has 3 aromatic rings. The van der Waals surface area contributed by atoms with Crippen molar-refractivity contribution in [2.75, 3.05) is 0 Å². The van der Waals surface area contributed by atoms with E-state index in [4.69, 9.17) is 10.3 Å². The summed E-state index contributed by atoms with van der Waals surface area (Å²) in [6.07, 6.45) is 3.35. The Balaban J connectivity index is 1.66. The van der Waals surface area contributed by atoms with Gasteiger partial charge in [-0.3, -0.25) is 0 Å². The van der Waals surface area contributed by atoms with Gasteiger partial charge in [0.1, 0.15) is 0 Å². The first-order chi connectivity index (χ1) is 11.3. The van der Waals surface area contributed by atoms with Crippen LogP contribution >= 0.6 is 0 Å². The van der Waals surface area contributed by atoms with Gasteiger partial charge < -0.3 is 10.3 Å². The molecule has 0 fully saturated rings. The molecule has 0 aliphatic heterocycles. The zero-order valence-corrected chi connectivity index (χ0v) is 12.9. The summed E-state index contributed by atoms with van der Waals surface area (Å²) < 4.78 is 5.59. The van der Waals surface area contributed by atoms with E-state index in [9.17, 15) is 0 Å². The molecule has 116 valence electrons. The average molecular weight is 305 g/mol. The highest BCUT2D eigenvalue weighted by molar-refractivity contribution is 5.55. The quantitative estimate of drug-likeness (QED) is 0.802. The van der Waals surface area contributed by atoms with Crippen molar-refractivity contribution in [3.05, 3.63) is 71.1 Å². The van der Waals surface area contributed by atoms with Crippen molar-refractivity contribution in [3.8, 4) is 11.4 Å². The summed E-state index contributed by atoms with van der Waals surface area (Å²) in [7, 11) is 0. The molecule has 23 heavy (non-hydrogen) atoms. The predicted molar refractivity (Wildman–Crippen MR) is 88.8 cm³/mol. The molecule has 4 heteroatoms. The van der Waals surface area contributed by atoms with Gasteiger partial charge in [-0.15, -0.1) is 0 Å². The molecule has 1 aliphatic carbocycles. The Morgan fingerprint density at radius 3 is 2.74 bits per heavy atom. The lowest BCUT2D eigenvalue weighted by atomic mass is 9.83. The maximum Gasteiger partial charge on any atom is 0.234 e. The number of hydrogen-bond donors (Lipinski definition) is 1. The van der Waals surface area contributed by atoms with Gasteiger partial charge in [-0.2, -0.15) is 4.98 Å². The first kappa shape index (κ1) is 14.2. The maximum absolute atomic E-state index is 5.64. The van der Waals surface area contributed by atoms with E-state index < -0.39 is 0 Å². The van der Waals surface area contributed by atoms with Crippen LogP contribution in [0.5, 0.6) is 0 Å². The monoisotopic (exact) mass is 305 g/mol. The van der Waals surface area contributed by atoms with Gasteiger partial charge in [0, 0.05) is 12.1 Å². The van der Waals surface area contributed by atoms with E-state index >= 15 is 0 Å². The summed E-state index contributed by atoms with van der Waals surface area (Å²) in [5.41, 5.74) is 10.4. The van der Waals surface area contributed by atoms with Gasteiger partial charge in [0.2, 0.25) is 11.7 Å². The molecule has 1 heterocycles. The van der Waals surface area contributed by atoms with Crippen molar-refractivity contribution in [2.45, 2.75) is 31.7 Å². The number of aryl methyl sites for hydroxylation is 1. The Labute approximate surface area is 135 Å². The molecule has 4 rings (SSSR count). The van der Waals surface area contributed by atoms with Gasteiger partial charge in [0.15, 0.2) is 0 Å². The minimum Gasteiger partial charge on any atom is -0.338 e. The highest BCUT2D eigenvalue weighted by atomic mass is 16.5. The van der Waals surface area contributed by atoms with Gasteiger partial charge in [-0.05, 0) is 36.0 Å². The molecular weight excluding hydrogens is 286 g/mol. The van der Waals surface area contributed by atoms with Gasteiger partial charge in [-0.1, -0.05) is 53.7 Å². The second-order valence-electron chi connectivity index (χ2n) is 6.00. The largest absolute Gasteiger partial charge is 0.338 e. The van der Waals surface area contributed by atoms with E-state index in [1.165, 1.54) is 11.1 Å². The number of benzene rings is 2. The third kappa shape index (κ3) is 2.66. The van der Waals surface area contributed by atoms with Crippen LogP contribution in [-0.4, -0.2) is 10.1 Å². The first-order valence-electron chi connectivity index (χ1n) is 8.06. The van der Waals surface area contributed by atoms with Crippen molar-refractivity contribution in [1.82, 2.24) is 10.1 Å². The zero-order chi connectivity index (χ0) is 15.6. The van der Waals surface area contributed by atoms with Gasteiger partial charge >= 0.3 is 0 Å². The number of nitrogens with two attached hydrogens (primary N) is 1. The van der Waals surface area contributed by atoms with Crippen LogP contribution in [-0.2, 0) is 13.0 Å². The molecule has 1 unspecified atom stereocenters. The number of hydrogen-bond acceptors (Lipinski definition) is 4. The summed E-state index contributed by atoms with van der Waals surface area (Å²) in [4.78, 5) is 4.65. The normalized spacial score (nSPS) is 17.0. The van der Waals surface area contributed by atoms with Gasteiger partial charge in [0.05, 0.1) is 5.92 Å². The number of aromatic nitrogens is 2. The van der Waals surface area contributed by atoms with Crippen LogP contribution in [0.1, 0.15) is 41.3 Å². The average Bonchev–Trinajstić information content (AvgIpc) is 3.11. The Kier molecular flexibility index (Phi) is 3.67. The van der Waals surface area contributed by atoms with Gasteiger partial charge in [-0.25, -0.2) is 0 Å². The highest BCUT2D eigenvalue weighted by Crippen LogP contribution is 2.36. The van der Waals surface area contributed by atoms with E-state index in [-0.39, 0.29) is 5.92 Å². The number of nitrogens with zero attached hydrogens (tertiary/aromatic N) is 2. The molecule has 0 amide bonds. The van der Waals surface area contributed by atoms with Crippen molar-refractivity contribution < 1.29 is 4.52 Å². The highest BCUT2D eigenvalue weighted by Gasteiger charge is 2.26. The molecule has 0 bridgehead atoms. The molecule has 1 aliphatic rings.